The number of hydrogen-bond donors (Lipinski definition) is 1. The third-order valence-corrected chi connectivity index (χ3v) is 12.0. The van der Waals surface area contributed by atoms with Gasteiger partial charge < -0.3 is 14.1 Å². The first-order valence-corrected chi connectivity index (χ1v) is 19.6. The molecule has 4 nitrogen and oxygen atoms in total. The number of para-hydroxylation sites is 2. The van der Waals surface area contributed by atoms with Gasteiger partial charge in [-0.1, -0.05) is 113 Å². The van der Waals surface area contributed by atoms with Gasteiger partial charge in [0.2, 0.25) is 0 Å². The summed E-state index contributed by atoms with van der Waals surface area (Å²) in [7, 11) is 4.50. The van der Waals surface area contributed by atoms with Crippen LogP contribution in [0.4, 0.5) is 0 Å². The van der Waals surface area contributed by atoms with Gasteiger partial charge in [0.05, 0.1) is 34.2 Å². The average Bonchev–Trinajstić information content (AvgIpc) is 3.69. The van der Waals surface area contributed by atoms with Gasteiger partial charge in [0, 0.05) is 61.2 Å². The number of hydrogen-bond acceptors (Lipinski definition) is 2. The molecule has 1 aliphatic rings. The fourth-order valence-corrected chi connectivity index (χ4v) is 8.98. The molecule has 5 heteroatoms. The van der Waals surface area contributed by atoms with E-state index in [1.54, 1.807) is 0 Å². The van der Waals surface area contributed by atoms with E-state index in [1.807, 2.05) is 27.7 Å². The van der Waals surface area contributed by atoms with Crippen LogP contribution in [0.15, 0.2) is 96.9 Å². The minimum absolute atomic E-state index is 0. The first-order valence-electron chi connectivity index (χ1n) is 19.6. The molecule has 0 atom stereocenters. The molecular formula is C48H53IrN2O2-. The molecule has 277 valence electrons. The number of pyridine rings is 1. The second-order valence-corrected chi connectivity index (χ2v) is 14.8. The molecule has 1 fully saturated rings. The van der Waals surface area contributed by atoms with Crippen LogP contribution in [0, 0.1) is 25.8 Å². The van der Waals surface area contributed by atoms with Crippen molar-refractivity contribution in [1.29, 1.82) is 0 Å². The van der Waals surface area contributed by atoms with Crippen LogP contribution in [0.25, 0.3) is 60.1 Å². The largest absolute Gasteiger partial charge is 0.512 e. The predicted octanol–water partition coefficient (Wildman–Crippen LogP) is 12.7. The van der Waals surface area contributed by atoms with Crippen molar-refractivity contribution in [2.45, 2.75) is 91.4 Å². The van der Waals surface area contributed by atoms with Gasteiger partial charge in [-0.05, 0) is 62.0 Å². The number of benzene rings is 4. The van der Waals surface area contributed by atoms with Crippen LogP contribution < -0.4 is 4.57 Å². The Morgan fingerprint density at radius 1 is 0.774 bits per heavy atom. The second-order valence-electron chi connectivity index (χ2n) is 14.8. The summed E-state index contributed by atoms with van der Waals surface area (Å²) in [5, 5.41) is 17.6. The topological polar surface area (TPSA) is 45.6 Å². The van der Waals surface area contributed by atoms with E-state index in [1.165, 1.54) is 98.2 Å². The maximum Gasteiger partial charge on any atom is 0.162 e. The first-order chi connectivity index (χ1) is 25.3. The summed E-state index contributed by atoms with van der Waals surface area (Å²) >= 11 is 0. The Bertz CT molecular complexity index is 2410. The normalized spacial score (nSPS) is 14.1. The maximum atomic E-state index is 11.7. The molecule has 1 radical (unpaired) electrons. The quantitative estimate of drug-likeness (QED) is 0.0679. The number of aliphatic hydroxyl groups excluding tert-OH is 1. The van der Waals surface area contributed by atoms with Crippen LogP contribution >= 0.6 is 0 Å². The number of ketones is 1. The van der Waals surface area contributed by atoms with Crippen molar-refractivity contribution in [3.05, 3.63) is 122 Å². The fraction of sp³-hybridized carbons (Fsp3) is 0.333. The van der Waals surface area contributed by atoms with Gasteiger partial charge in [-0.3, -0.25) is 4.79 Å². The summed E-state index contributed by atoms with van der Waals surface area (Å²) in [4.78, 5) is 11.7. The number of aliphatic hydroxyl groups is 1. The van der Waals surface area contributed by atoms with Crippen LogP contribution in [0.3, 0.4) is 0 Å². The maximum absolute atomic E-state index is 11.7. The minimum Gasteiger partial charge on any atom is -0.512 e. The van der Waals surface area contributed by atoms with E-state index >= 15 is 0 Å². The van der Waals surface area contributed by atoms with Crippen molar-refractivity contribution in [3.8, 4) is 11.3 Å². The third-order valence-electron chi connectivity index (χ3n) is 12.0. The molecule has 0 spiro atoms. The van der Waals surface area contributed by atoms with Gasteiger partial charge in [0.25, 0.3) is 0 Å². The van der Waals surface area contributed by atoms with E-state index in [0.717, 1.165) is 36.9 Å². The van der Waals surface area contributed by atoms with Gasteiger partial charge in [0.15, 0.2) is 5.78 Å². The zero-order valence-corrected chi connectivity index (χ0v) is 34.1. The number of fused-ring (bicyclic) bond motifs is 7. The molecule has 53 heavy (non-hydrogen) atoms. The molecule has 0 aliphatic heterocycles. The Kier molecular flexibility index (Phi) is 11.9. The average molecular weight is 882 g/mol. The van der Waals surface area contributed by atoms with Gasteiger partial charge in [0.1, 0.15) is 0 Å². The number of aromatic nitrogens is 2. The standard InChI is InChI=1S/C35H29N2.C13H24O2.Ir/c1-22-24-13-6-7-14-25(24)31(23-11-4-3-5-12-23)21-30(22)34-35-29(19-20-36(34)2)28-17-10-16-27-26-15-8-9-18-32(26)37(35)33(27)28;1-5-10(6-2)12(14)9-13(15)11(7-3)8-4;/h6-10,13-21,23H,1-5,11-12H2;9-11,14H,5-8H2,1-4H3;/q-1;;/b;12-9-;. The Balaban J connectivity index is 0.000000258. The van der Waals surface area contributed by atoms with E-state index in [9.17, 15) is 9.90 Å². The monoisotopic (exact) mass is 882 g/mol. The molecule has 0 saturated heterocycles. The van der Waals surface area contributed by atoms with Gasteiger partial charge in [-0.2, -0.15) is 12.5 Å². The predicted molar refractivity (Wildman–Crippen MR) is 219 cm³/mol. The number of rotatable bonds is 9. The Morgan fingerprint density at radius 3 is 2.00 bits per heavy atom. The minimum atomic E-state index is 0. The molecule has 1 saturated carbocycles. The van der Waals surface area contributed by atoms with E-state index in [2.05, 4.69) is 108 Å². The molecule has 3 heterocycles. The number of carbonyl (C=O) groups excluding carboxylic acids is 1. The SMILES string of the molecule is CCC(CC)C(=O)/C=C(\O)C(CC)CC.[CH2-]c1c(-c2c3c(cc[n+]2[CH2-])c2cccc4c5ccccc5n3c42)cc(C2CCCCC2)c2ccccc12.[Ir]. The molecule has 8 rings (SSSR count). The Hall–Kier alpha value is -4.31. The number of allylic oxidation sites excluding steroid dienone is 2. The Labute approximate surface area is 328 Å². The van der Waals surface area contributed by atoms with Crippen molar-refractivity contribution < 1.29 is 34.6 Å². The molecule has 0 amide bonds. The second kappa shape index (κ2) is 16.4. The van der Waals surface area contributed by atoms with Crippen LogP contribution in [-0.4, -0.2) is 15.3 Å². The number of carbonyl (C=O) groups is 1. The summed E-state index contributed by atoms with van der Waals surface area (Å²) < 4.78 is 4.54. The molecule has 1 N–H and O–H groups in total. The van der Waals surface area contributed by atoms with Crippen molar-refractivity contribution in [2.24, 2.45) is 11.8 Å². The summed E-state index contributed by atoms with van der Waals surface area (Å²) in [5.74, 6) is 1.15. The summed E-state index contributed by atoms with van der Waals surface area (Å²) in [6.07, 6.45) is 13.6. The van der Waals surface area contributed by atoms with Gasteiger partial charge in [-0.15, -0.1) is 23.1 Å². The molecule has 3 aromatic heterocycles. The van der Waals surface area contributed by atoms with E-state index in [0.29, 0.717) is 5.92 Å². The fourth-order valence-electron chi connectivity index (χ4n) is 8.98. The molecular weight excluding hydrogens is 829 g/mol. The molecule has 7 aromatic rings. The Morgan fingerprint density at radius 2 is 1.34 bits per heavy atom. The van der Waals surface area contributed by atoms with Crippen LogP contribution in [0.5, 0.6) is 0 Å². The summed E-state index contributed by atoms with van der Waals surface area (Å²) in [5.41, 5.74) is 8.67. The van der Waals surface area contributed by atoms with Crippen LogP contribution in [-0.2, 0) is 24.9 Å². The molecule has 0 unspecified atom stereocenters. The smallest absolute Gasteiger partial charge is 0.162 e. The summed E-state index contributed by atoms with van der Waals surface area (Å²) in [6.45, 7) is 12.7. The van der Waals surface area contributed by atoms with Crippen LogP contribution in [0.2, 0.25) is 0 Å². The molecule has 0 bridgehead atoms. The van der Waals surface area contributed by atoms with Crippen molar-refractivity contribution in [3.63, 3.8) is 0 Å². The summed E-state index contributed by atoms with van der Waals surface area (Å²) in [6, 6.07) is 29.1. The first kappa shape index (κ1) is 38.4. The van der Waals surface area contributed by atoms with Gasteiger partial charge in [-0.25, -0.2) is 0 Å². The van der Waals surface area contributed by atoms with Gasteiger partial charge >= 0.3 is 0 Å². The van der Waals surface area contributed by atoms with Crippen molar-refractivity contribution >= 4 is 54.7 Å². The zero-order valence-electron chi connectivity index (χ0n) is 31.8. The van der Waals surface area contributed by atoms with Crippen molar-refractivity contribution in [2.75, 3.05) is 0 Å². The molecule has 1 aliphatic carbocycles. The van der Waals surface area contributed by atoms with Crippen molar-refractivity contribution in [1.82, 2.24) is 4.40 Å². The van der Waals surface area contributed by atoms with E-state index in [4.69, 9.17) is 0 Å². The number of nitrogens with zero attached hydrogens (tertiary/aromatic N) is 2. The zero-order chi connectivity index (χ0) is 36.5. The van der Waals surface area contributed by atoms with E-state index in [-0.39, 0.29) is 43.5 Å². The van der Waals surface area contributed by atoms with Crippen LogP contribution in [0.1, 0.15) is 103 Å². The molecule has 4 aromatic carbocycles. The van der Waals surface area contributed by atoms with E-state index < -0.39 is 0 Å². The third kappa shape index (κ3) is 6.83.